The summed E-state index contributed by atoms with van der Waals surface area (Å²) >= 11 is 12.0. The van der Waals surface area contributed by atoms with Gasteiger partial charge in [0.2, 0.25) is 0 Å². The Morgan fingerprint density at radius 1 is 1.32 bits per heavy atom. The van der Waals surface area contributed by atoms with Crippen LogP contribution >= 0.6 is 50.1 Å². The SMILES string of the molecule is CCOc1cc(/C=N\NC(=O)c2cc3cc(Br)cc(I)c3o2)cc(Cl)c1O[C@@H](C)CC. The molecule has 0 radical (unpaired) electrons. The number of carbonyl (C=O) groups excluding carboxylic acids is 1. The predicted molar refractivity (Wildman–Crippen MR) is 135 cm³/mol. The Bertz CT molecular complexity index is 1130. The molecule has 1 N–H and O–H groups in total. The molecule has 0 spiro atoms. The molecule has 0 aliphatic carbocycles. The zero-order valence-electron chi connectivity index (χ0n) is 17.2. The van der Waals surface area contributed by atoms with E-state index in [0.717, 1.165) is 19.8 Å². The highest BCUT2D eigenvalue weighted by Crippen LogP contribution is 2.37. The molecule has 31 heavy (non-hydrogen) atoms. The Labute approximate surface area is 207 Å². The number of carbonyl (C=O) groups is 1. The van der Waals surface area contributed by atoms with Crippen LogP contribution in [0.4, 0.5) is 0 Å². The Kier molecular flexibility index (Phi) is 8.23. The van der Waals surface area contributed by atoms with E-state index in [1.54, 1.807) is 18.2 Å². The van der Waals surface area contributed by atoms with Gasteiger partial charge in [0.25, 0.3) is 0 Å². The number of ether oxygens (including phenoxy) is 2. The summed E-state index contributed by atoms with van der Waals surface area (Å²) in [5, 5.41) is 5.27. The van der Waals surface area contributed by atoms with Crippen LogP contribution < -0.4 is 14.9 Å². The van der Waals surface area contributed by atoms with Crippen LogP contribution in [-0.4, -0.2) is 24.8 Å². The lowest BCUT2D eigenvalue weighted by Gasteiger charge is -2.18. The van der Waals surface area contributed by atoms with Gasteiger partial charge in [0.1, 0.15) is 5.58 Å². The van der Waals surface area contributed by atoms with Gasteiger partial charge in [-0.05, 0) is 78.8 Å². The number of rotatable bonds is 8. The first kappa shape index (κ1) is 23.9. The van der Waals surface area contributed by atoms with E-state index < -0.39 is 5.91 Å². The number of hydrogen-bond donors (Lipinski definition) is 1. The summed E-state index contributed by atoms with van der Waals surface area (Å²) in [6, 6.07) is 8.96. The van der Waals surface area contributed by atoms with Gasteiger partial charge in [-0.2, -0.15) is 5.10 Å². The van der Waals surface area contributed by atoms with Gasteiger partial charge in [-0.15, -0.1) is 0 Å². The molecule has 3 rings (SSSR count). The molecule has 0 aliphatic heterocycles. The Balaban J connectivity index is 1.77. The molecule has 1 heterocycles. The summed E-state index contributed by atoms with van der Waals surface area (Å²) < 4.78 is 19.1. The van der Waals surface area contributed by atoms with Gasteiger partial charge in [0, 0.05) is 9.86 Å². The van der Waals surface area contributed by atoms with Crippen LogP contribution in [0.1, 0.15) is 43.3 Å². The average molecular weight is 620 g/mol. The fourth-order valence-electron chi connectivity index (χ4n) is 2.73. The number of nitrogens with zero attached hydrogens (tertiary/aromatic N) is 1. The molecule has 0 unspecified atom stereocenters. The first-order valence-electron chi connectivity index (χ1n) is 9.67. The number of benzene rings is 2. The molecule has 3 aromatic rings. The normalized spacial score (nSPS) is 12.3. The number of hydrazone groups is 1. The minimum Gasteiger partial charge on any atom is -0.490 e. The number of nitrogens with one attached hydrogen (secondary N) is 1. The van der Waals surface area contributed by atoms with E-state index in [2.05, 4.69) is 49.0 Å². The first-order chi connectivity index (χ1) is 14.8. The molecule has 1 aromatic heterocycles. The molecule has 0 saturated carbocycles. The van der Waals surface area contributed by atoms with E-state index in [-0.39, 0.29) is 11.9 Å². The minimum atomic E-state index is -0.452. The van der Waals surface area contributed by atoms with E-state index in [1.807, 2.05) is 32.9 Å². The van der Waals surface area contributed by atoms with Gasteiger partial charge >= 0.3 is 5.91 Å². The van der Waals surface area contributed by atoms with Crippen molar-refractivity contribution in [2.24, 2.45) is 5.10 Å². The minimum absolute atomic E-state index is 0.00278. The zero-order chi connectivity index (χ0) is 22.5. The van der Waals surface area contributed by atoms with Gasteiger partial charge in [0.05, 0.1) is 27.5 Å². The molecule has 0 aliphatic rings. The second-order valence-corrected chi connectivity index (χ2v) is 9.20. The van der Waals surface area contributed by atoms with Crippen LogP contribution in [0, 0.1) is 3.57 Å². The lowest BCUT2D eigenvalue weighted by molar-refractivity contribution is 0.0929. The van der Waals surface area contributed by atoms with E-state index in [1.165, 1.54) is 6.21 Å². The van der Waals surface area contributed by atoms with Gasteiger partial charge in [0.15, 0.2) is 17.3 Å². The fraction of sp³-hybridized carbons (Fsp3) is 0.273. The lowest BCUT2D eigenvalue weighted by atomic mass is 10.2. The van der Waals surface area contributed by atoms with Crippen molar-refractivity contribution in [3.63, 3.8) is 0 Å². The molecular formula is C22H21BrClIN2O4. The van der Waals surface area contributed by atoms with Gasteiger partial charge < -0.3 is 13.9 Å². The number of fused-ring (bicyclic) bond motifs is 1. The molecule has 0 saturated heterocycles. The third kappa shape index (κ3) is 5.93. The lowest BCUT2D eigenvalue weighted by Crippen LogP contribution is -2.16. The van der Waals surface area contributed by atoms with Crippen LogP contribution in [-0.2, 0) is 0 Å². The molecule has 6 nitrogen and oxygen atoms in total. The maximum atomic E-state index is 12.4. The number of furan rings is 1. The maximum absolute atomic E-state index is 12.4. The van der Waals surface area contributed by atoms with E-state index in [0.29, 0.717) is 34.3 Å². The Morgan fingerprint density at radius 2 is 2.10 bits per heavy atom. The third-order valence-electron chi connectivity index (χ3n) is 4.36. The van der Waals surface area contributed by atoms with Crippen molar-refractivity contribution < 1.29 is 18.7 Å². The van der Waals surface area contributed by atoms with E-state index in [4.69, 9.17) is 25.5 Å². The number of halogens is 3. The first-order valence-corrected chi connectivity index (χ1v) is 11.9. The molecule has 1 amide bonds. The summed E-state index contributed by atoms with van der Waals surface area (Å²) in [5.74, 6) is 0.753. The van der Waals surface area contributed by atoms with Crippen LogP contribution in [0.3, 0.4) is 0 Å². The molecule has 2 aromatic carbocycles. The molecule has 1 atom stereocenters. The van der Waals surface area contributed by atoms with Crippen molar-refractivity contribution in [2.45, 2.75) is 33.3 Å². The van der Waals surface area contributed by atoms with Gasteiger partial charge in [-0.3, -0.25) is 4.79 Å². The van der Waals surface area contributed by atoms with Gasteiger partial charge in [-0.25, -0.2) is 5.43 Å². The number of hydrogen-bond acceptors (Lipinski definition) is 5. The topological polar surface area (TPSA) is 73.1 Å². The van der Waals surface area contributed by atoms with Crippen molar-refractivity contribution in [3.8, 4) is 11.5 Å². The molecule has 0 fully saturated rings. The summed E-state index contributed by atoms with van der Waals surface area (Å²) in [7, 11) is 0. The third-order valence-corrected chi connectivity index (χ3v) is 5.90. The second-order valence-electron chi connectivity index (χ2n) is 6.72. The van der Waals surface area contributed by atoms with Crippen LogP contribution in [0.25, 0.3) is 11.0 Å². The summed E-state index contributed by atoms with van der Waals surface area (Å²) in [6.45, 7) is 6.35. The molecule has 9 heteroatoms. The van der Waals surface area contributed by atoms with Gasteiger partial charge in [-0.1, -0.05) is 34.5 Å². The highest BCUT2D eigenvalue weighted by molar-refractivity contribution is 14.1. The predicted octanol–water partition coefficient (Wildman–Crippen LogP) is 6.79. The Hall–Kier alpha value is -1.78. The van der Waals surface area contributed by atoms with Crippen LogP contribution in [0.15, 0.2) is 44.3 Å². The molecule has 0 bridgehead atoms. The summed E-state index contributed by atoms with van der Waals surface area (Å²) in [4.78, 5) is 12.4. The zero-order valence-corrected chi connectivity index (χ0v) is 21.7. The maximum Gasteiger partial charge on any atom is 0.307 e. The van der Waals surface area contributed by atoms with Crippen molar-refractivity contribution in [2.75, 3.05) is 6.61 Å². The molecule has 164 valence electrons. The average Bonchev–Trinajstić information content (AvgIpc) is 3.15. The van der Waals surface area contributed by atoms with Crippen LogP contribution in [0.5, 0.6) is 11.5 Å². The van der Waals surface area contributed by atoms with Crippen molar-refractivity contribution in [1.82, 2.24) is 5.43 Å². The highest BCUT2D eigenvalue weighted by atomic mass is 127. The Morgan fingerprint density at radius 3 is 2.81 bits per heavy atom. The van der Waals surface area contributed by atoms with E-state index in [9.17, 15) is 4.79 Å². The monoisotopic (exact) mass is 618 g/mol. The standard InChI is InChI=1S/C22H21BrClIN2O4/c1-4-12(3)30-21-16(24)6-13(7-18(21)29-5-2)11-26-27-22(28)19-9-14-8-15(23)10-17(25)20(14)31-19/h6-12H,4-5H2,1-3H3,(H,27,28)/b26-11-/t12-/m0/s1. The highest BCUT2D eigenvalue weighted by Gasteiger charge is 2.16. The van der Waals surface area contributed by atoms with Crippen molar-refractivity contribution >= 4 is 73.2 Å². The fourth-order valence-corrected chi connectivity index (χ4v) is 4.66. The number of amides is 1. The quantitative estimate of drug-likeness (QED) is 0.171. The van der Waals surface area contributed by atoms with Crippen molar-refractivity contribution in [1.29, 1.82) is 0 Å². The smallest absolute Gasteiger partial charge is 0.307 e. The largest absolute Gasteiger partial charge is 0.490 e. The second kappa shape index (κ2) is 10.7. The molecular weight excluding hydrogens is 599 g/mol. The summed E-state index contributed by atoms with van der Waals surface area (Å²) in [6.07, 6.45) is 2.33. The summed E-state index contributed by atoms with van der Waals surface area (Å²) in [5.41, 5.74) is 3.79. The van der Waals surface area contributed by atoms with Crippen LogP contribution in [0.2, 0.25) is 5.02 Å². The van der Waals surface area contributed by atoms with E-state index >= 15 is 0 Å². The van der Waals surface area contributed by atoms with Crippen molar-refractivity contribution in [3.05, 3.63) is 54.7 Å².